The van der Waals surface area contributed by atoms with Crippen molar-refractivity contribution in [1.29, 1.82) is 0 Å². The van der Waals surface area contributed by atoms with Gasteiger partial charge in [-0.05, 0) is 55.1 Å². The summed E-state index contributed by atoms with van der Waals surface area (Å²) in [6.45, 7) is 4.08. The second-order valence-electron chi connectivity index (χ2n) is 7.11. The maximum Gasteiger partial charge on any atom is 0.319 e. The van der Waals surface area contributed by atoms with Crippen LogP contribution in [0.1, 0.15) is 39.4 Å². The SMILES string of the molecule is CC(C)NC(=O)Nc1ccc(CNC(=O)c2ccccc2NC(=O)c2cccs2)cc1. The van der Waals surface area contributed by atoms with Gasteiger partial charge in [0.25, 0.3) is 11.8 Å². The van der Waals surface area contributed by atoms with E-state index in [4.69, 9.17) is 0 Å². The standard InChI is InChI=1S/C23H24N4O3S/c1-15(2)25-23(30)26-17-11-9-16(10-12-17)14-24-21(28)18-6-3-4-7-19(18)27-22(29)20-8-5-13-31-20/h3-13,15H,14H2,1-2H3,(H,24,28)(H,27,29)(H2,25,26,30). The normalized spacial score (nSPS) is 10.4. The molecule has 0 aliphatic heterocycles. The number of para-hydroxylation sites is 1. The van der Waals surface area contributed by atoms with Gasteiger partial charge >= 0.3 is 6.03 Å². The molecule has 0 radical (unpaired) electrons. The fourth-order valence-corrected chi connectivity index (χ4v) is 3.41. The van der Waals surface area contributed by atoms with Crippen LogP contribution in [0.5, 0.6) is 0 Å². The largest absolute Gasteiger partial charge is 0.348 e. The van der Waals surface area contributed by atoms with Gasteiger partial charge in [0.1, 0.15) is 0 Å². The maximum atomic E-state index is 12.7. The molecule has 8 heteroatoms. The number of hydrogen-bond acceptors (Lipinski definition) is 4. The Kier molecular flexibility index (Phi) is 7.40. The van der Waals surface area contributed by atoms with Crippen LogP contribution in [0, 0.1) is 0 Å². The summed E-state index contributed by atoms with van der Waals surface area (Å²) in [6.07, 6.45) is 0. The highest BCUT2D eigenvalue weighted by Crippen LogP contribution is 2.18. The third-order valence-corrected chi connectivity index (χ3v) is 5.12. The lowest BCUT2D eigenvalue weighted by Crippen LogP contribution is -2.34. The molecule has 7 nitrogen and oxygen atoms in total. The van der Waals surface area contributed by atoms with E-state index < -0.39 is 0 Å². The molecule has 0 saturated carbocycles. The van der Waals surface area contributed by atoms with Crippen molar-refractivity contribution in [3.05, 3.63) is 82.0 Å². The van der Waals surface area contributed by atoms with Crippen LogP contribution in [0.25, 0.3) is 0 Å². The summed E-state index contributed by atoms with van der Waals surface area (Å²) in [5.74, 6) is -0.541. The zero-order valence-corrected chi connectivity index (χ0v) is 18.1. The number of amides is 4. The van der Waals surface area contributed by atoms with Crippen LogP contribution in [0.4, 0.5) is 16.2 Å². The fourth-order valence-electron chi connectivity index (χ4n) is 2.79. The lowest BCUT2D eigenvalue weighted by Gasteiger charge is -2.12. The van der Waals surface area contributed by atoms with E-state index in [1.807, 2.05) is 31.4 Å². The summed E-state index contributed by atoms with van der Waals surface area (Å²) >= 11 is 1.34. The summed E-state index contributed by atoms with van der Waals surface area (Å²) in [6, 6.07) is 17.4. The first-order valence-corrected chi connectivity index (χ1v) is 10.7. The Bertz CT molecular complexity index is 1050. The molecule has 3 aromatic rings. The molecule has 0 atom stereocenters. The van der Waals surface area contributed by atoms with Gasteiger partial charge in [-0.3, -0.25) is 9.59 Å². The topological polar surface area (TPSA) is 99.3 Å². The molecule has 4 amide bonds. The second kappa shape index (κ2) is 10.4. The van der Waals surface area contributed by atoms with Gasteiger partial charge in [0.15, 0.2) is 0 Å². The number of hydrogen-bond donors (Lipinski definition) is 4. The van der Waals surface area contributed by atoms with E-state index in [-0.39, 0.29) is 23.9 Å². The molecule has 0 saturated heterocycles. The number of urea groups is 1. The molecule has 0 aliphatic rings. The first-order chi connectivity index (χ1) is 14.9. The molecule has 1 heterocycles. The van der Waals surface area contributed by atoms with Crippen molar-refractivity contribution in [3.63, 3.8) is 0 Å². The van der Waals surface area contributed by atoms with Gasteiger partial charge in [-0.2, -0.15) is 0 Å². The summed E-state index contributed by atoms with van der Waals surface area (Å²) in [5, 5.41) is 13.0. The van der Waals surface area contributed by atoms with Gasteiger partial charge in [-0.25, -0.2) is 4.79 Å². The molecule has 31 heavy (non-hydrogen) atoms. The van der Waals surface area contributed by atoms with Crippen molar-refractivity contribution in [2.24, 2.45) is 0 Å². The molecule has 3 rings (SSSR count). The van der Waals surface area contributed by atoms with E-state index in [0.29, 0.717) is 28.4 Å². The number of thiophene rings is 1. The molecule has 0 fully saturated rings. The molecule has 2 aromatic carbocycles. The molecule has 0 aliphatic carbocycles. The monoisotopic (exact) mass is 436 g/mol. The van der Waals surface area contributed by atoms with Crippen LogP contribution >= 0.6 is 11.3 Å². The number of carbonyl (C=O) groups is 3. The highest BCUT2D eigenvalue weighted by molar-refractivity contribution is 7.12. The predicted molar refractivity (Wildman–Crippen MR) is 124 cm³/mol. The summed E-state index contributed by atoms with van der Waals surface area (Å²) in [7, 11) is 0. The number of rotatable bonds is 7. The van der Waals surface area contributed by atoms with Gasteiger partial charge in [0, 0.05) is 18.3 Å². The quantitative estimate of drug-likeness (QED) is 0.440. The van der Waals surface area contributed by atoms with Crippen LogP contribution in [-0.4, -0.2) is 23.9 Å². The van der Waals surface area contributed by atoms with Gasteiger partial charge < -0.3 is 21.3 Å². The Balaban J connectivity index is 1.58. The molecule has 1 aromatic heterocycles. The molecule has 160 valence electrons. The fraction of sp³-hybridized carbons (Fsp3) is 0.174. The van der Waals surface area contributed by atoms with Gasteiger partial charge in [0.05, 0.1) is 16.1 Å². The van der Waals surface area contributed by atoms with Crippen LogP contribution in [0.15, 0.2) is 66.0 Å². The molecule has 0 bridgehead atoms. The average molecular weight is 437 g/mol. The summed E-state index contributed by atoms with van der Waals surface area (Å²) in [4.78, 5) is 37.4. The van der Waals surface area contributed by atoms with Crippen molar-refractivity contribution in [2.75, 3.05) is 10.6 Å². The minimum Gasteiger partial charge on any atom is -0.348 e. The minimum atomic E-state index is -0.291. The maximum absolute atomic E-state index is 12.7. The molecular formula is C23H24N4O3S. The second-order valence-corrected chi connectivity index (χ2v) is 8.06. The van der Waals surface area contributed by atoms with Gasteiger partial charge in [0.2, 0.25) is 0 Å². The Hall–Kier alpha value is -3.65. The Morgan fingerprint density at radius 3 is 2.29 bits per heavy atom. The average Bonchev–Trinajstić information content (AvgIpc) is 3.28. The third-order valence-electron chi connectivity index (χ3n) is 4.25. The highest BCUT2D eigenvalue weighted by Gasteiger charge is 2.14. The van der Waals surface area contributed by atoms with Crippen molar-refractivity contribution in [2.45, 2.75) is 26.4 Å². The zero-order chi connectivity index (χ0) is 22.2. The van der Waals surface area contributed by atoms with E-state index >= 15 is 0 Å². The van der Waals surface area contributed by atoms with Crippen molar-refractivity contribution >= 4 is 40.6 Å². The van der Waals surface area contributed by atoms with Crippen LogP contribution in [0.3, 0.4) is 0 Å². The van der Waals surface area contributed by atoms with E-state index in [9.17, 15) is 14.4 Å². The minimum absolute atomic E-state index is 0.0486. The van der Waals surface area contributed by atoms with E-state index in [0.717, 1.165) is 5.56 Å². The number of benzene rings is 2. The lowest BCUT2D eigenvalue weighted by molar-refractivity contribution is 0.0951. The first kappa shape index (κ1) is 22.0. The van der Waals surface area contributed by atoms with Crippen LogP contribution in [0.2, 0.25) is 0 Å². The Morgan fingerprint density at radius 1 is 0.871 bits per heavy atom. The third kappa shape index (κ3) is 6.42. The number of carbonyl (C=O) groups excluding carboxylic acids is 3. The van der Waals surface area contributed by atoms with Gasteiger partial charge in [-0.1, -0.05) is 30.3 Å². The van der Waals surface area contributed by atoms with E-state index in [2.05, 4.69) is 21.3 Å². The zero-order valence-electron chi connectivity index (χ0n) is 17.3. The van der Waals surface area contributed by atoms with Gasteiger partial charge in [-0.15, -0.1) is 11.3 Å². The van der Waals surface area contributed by atoms with Crippen LogP contribution < -0.4 is 21.3 Å². The van der Waals surface area contributed by atoms with Crippen molar-refractivity contribution in [3.8, 4) is 0 Å². The first-order valence-electron chi connectivity index (χ1n) is 9.81. The van der Waals surface area contributed by atoms with E-state index in [1.54, 1.807) is 48.5 Å². The van der Waals surface area contributed by atoms with E-state index in [1.165, 1.54) is 11.3 Å². The lowest BCUT2D eigenvalue weighted by atomic mass is 10.1. The summed E-state index contributed by atoms with van der Waals surface area (Å²) < 4.78 is 0. The smallest absolute Gasteiger partial charge is 0.319 e. The molecule has 0 spiro atoms. The molecule has 0 unspecified atom stereocenters. The predicted octanol–water partition coefficient (Wildman–Crippen LogP) is 4.46. The van der Waals surface area contributed by atoms with Crippen molar-refractivity contribution < 1.29 is 14.4 Å². The van der Waals surface area contributed by atoms with Crippen LogP contribution in [-0.2, 0) is 6.54 Å². The summed E-state index contributed by atoms with van der Waals surface area (Å²) in [5.41, 5.74) is 2.38. The molecule has 4 N–H and O–H groups in total. The Labute approximate surface area is 184 Å². The molecular weight excluding hydrogens is 412 g/mol. The number of anilines is 2. The number of nitrogens with one attached hydrogen (secondary N) is 4. The van der Waals surface area contributed by atoms with Crippen molar-refractivity contribution in [1.82, 2.24) is 10.6 Å². The Morgan fingerprint density at radius 2 is 1.61 bits per heavy atom. The highest BCUT2D eigenvalue weighted by atomic mass is 32.1.